The maximum Gasteiger partial charge on any atom is 0.225 e. The molecule has 2 aliphatic rings. The fourth-order valence-corrected chi connectivity index (χ4v) is 2.60. The molecule has 2 saturated heterocycles. The third kappa shape index (κ3) is 1.54. The first kappa shape index (κ1) is 9.65. The van der Waals surface area contributed by atoms with Gasteiger partial charge >= 0.3 is 0 Å². The first-order chi connectivity index (χ1) is 6.72. The monoisotopic (exact) mass is 197 g/mol. The number of aliphatic hydroxyl groups excluding tert-OH is 1. The Morgan fingerprint density at radius 3 is 2.43 bits per heavy atom. The van der Waals surface area contributed by atoms with Gasteiger partial charge in [-0.2, -0.15) is 0 Å². The zero-order valence-electron chi connectivity index (χ0n) is 8.11. The largest absolute Gasteiger partial charge is 0.396 e. The molecule has 2 heterocycles. The molecule has 2 fully saturated rings. The molecule has 0 aromatic carbocycles. The van der Waals surface area contributed by atoms with Crippen molar-refractivity contribution < 1.29 is 14.7 Å². The van der Waals surface area contributed by atoms with E-state index in [4.69, 9.17) is 5.11 Å². The van der Waals surface area contributed by atoms with E-state index < -0.39 is 0 Å². The van der Waals surface area contributed by atoms with Crippen LogP contribution in [-0.4, -0.2) is 40.4 Å². The third-order valence-corrected chi connectivity index (χ3v) is 3.16. The number of carbonyl (C=O) groups is 2. The van der Waals surface area contributed by atoms with E-state index in [9.17, 15) is 9.59 Å². The second-order valence-corrected chi connectivity index (χ2v) is 4.11. The normalized spacial score (nSPS) is 30.9. The van der Waals surface area contributed by atoms with Crippen molar-refractivity contribution >= 4 is 11.7 Å². The van der Waals surface area contributed by atoms with Crippen LogP contribution in [0.3, 0.4) is 0 Å². The number of hydrogen-bond donors (Lipinski definition) is 1. The van der Waals surface area contributed by atoms with Gasteiger partial charge < -0.3 is 10.0 Å². The van der Waals surface area contributed by atoms with Crippen LogP contribution in [0.1, 0.15) is 32.1 Å². The Balaban J connectivity index is 2.07. The Hall–Kier alpha value is -0.900. The van der Waals surface area contributed by atoms with Crippen molar-refractivity contribution in [1.29, 1.82) is 0 Å². The quantitative estimate of drug-likeness (QED) is 0.682. The van der Waals surface area contributed by atoms with Crippen LogP contribution in [0.5, 0.6) is 0 Å². The van der Waals surface area contributed by atoms with Crippen molar-refractivity contribution in [2.75, 3.05) is 6.61 Å². The summed E-state index contributed by atoms with van der Waals surface area (Å²) in [6.45, 7) is -0.0945. The Morgan fingerprint density at radius 2 is 1.93 bits per heavy atom. The van der Waals surface area contributed by atoms with E-state index >= 15 is 0 Å². The van der Waals surface area contributed by atoms with Gasteiger partial charge in [0.25, 0.3) is 0 Å². The lowest BCUT2D eigenvalue weighted by Gasteiger charge is -2.33. The van der Waals surface area contributed by atoms with Gasteiger partial charge in [0, 0.05) is 31.3 Å². The van der Waals surface area contributed by atoms with Crippen LogP contribution in [-0.2, 0) is 9.59 Å². The summed E-state index contributed by atoms with van der Waals surface area (Å²) in [5.74, 6) is 0.290. The molecule has 0 aliphatic carbocycles. The third-order valence-electron chi connectivity index (χ3n) is 3.16. The molecular weight excluding hydrogens is 182 g/mol. The minimum atomic E-state index is -0.0945. The number of hydrogen-bond acceptors (Lipinski definition) is 3. The molecule has 0 saturated carbocycles. The first-order valence-electron chi connectivity index (χ1n) is 5.16. The topological polar surface area (TPSA) is 57.6 Å². The molecule has 4 nitrogen and oxygen atoms in total. The average Bonchev–Trinajstić information content (AvgIpc) is 2.39. The minimum absolute atomic E-state index is 0.00694. The summed E-state index contributed by atoms with van der Waals surface area (Å²) in [5, 5.41) is 8.70. The first-order valence-corrected chi connectivity index (χ1v) is 5.16. The standard InChI is InChI=1S/C10H15NO3/c12-4-3-10(14)11-7-1-2-8(11)6-9(13)5-7/h7-8,12H,1-6H2/t7-,8+. The van der Waals surface area contributed by atoms with Gasteiger partial charge in [0.05, 0.1) is 6.61 Å². The van der Waals surface area contributed by atoms with Crippen molar-refractivity contribution in [1.82, 2.24) is 4.90 Å². The molecule has 0 aromatic heterocycles. The molecule has 1 amide bonds. The number of aliphatic hydroxyl groups is 1. The van der Waals surface area contributed by atoms with Gasteiger partial charge in [-0.3, -0.25) is 9.59 Å². The lowest BCUT2D eigenvalue weighted by atomic mass is 10.0. The van der Waals surface area contributed by atoms with Crippen molar-refractivity contribution in [3.63, 3.8) is 0 Å². The fourth-order valence-electron chi connectivity index (χ4n) is 2.60. The number of Topliss-reactive ketones (excluding diaryl/α,β-unsaturated/α-hetero) is 1. The molecular formula is C10H15NO3. The molecule has 2 aliphatic heterocycles. The highest BCUT2D eigenvalue weighted by molar-refractivity contribution is 5.85. The number of carbonyl (C=O) groups excluding carboxylic acids is 2. The Labute approximate surface area is 82.9 Å². The lowest BCUT2D eigenvalue weighted by molar-refractivity contribution is -0.139. The average molecular weight is 197 g/mol. The van der Waals surface area contributed by atoms with Gasteiger partial charge in [-0.1, -0.05) is 0 Å². The van der Waals surface area contributed by atoms with Gasteiger partial charge in [-0.05, 0) is 12.8 Å². The highest BCUT2D eigenvalue weighted by atomic mass is 16.3. The maximum absolute atomic E-state index is 11.6. The Bertz CT molecular complexity index is 248. The van der Waals surface area contributed by atoms with Gasteiger partial charge in [0.2, 0.25) is 5.91 Å². The predicted molar refractivity (Wildman–Crippen MR) is 49.6 cm³/mol. The summed E-state index contributed by atoms with van der Waals surface area (Å²) in [6.07, 6.45) is 3.14. The van der Waals surface area contributed by atoms with Gasteiger partial charge in [-0.25, -0.2) is 0 Å². The number of fused-ring (bicyclic) bond motifs is 2. The Morgan fingerprint density at radius 1 is 1.36 bits per heavy atom. The number of amides is 1. The van der Waals surface area contributed by atoms with Crippen LogP contribution >= 0.6 is 0 Å². The lowest BCUT2D eigenvalue weighted by Crippen LogP contribution is -2.46. The molecule has 4 heteroatoms. The van der Waals surface area contributed by atoms with Gasteiger partial charge in [-0.15, -0.1) is 0 Å². The molecule has 0 unspecified atom stereocenters. The zero-order valence-corrected chi connectivity index (χ0v) is 8.11. The van der Waals surface area contributed by atoms with Crippen molar-refractivity contribution in [3.8, 4) is 0 Å². The van der Waals surface area contributed by atoms with Crippen LogP contribution in [0.4, 0.5) is 0 Å². The number of rotatable bonds is 2. The second kappa shape index (κ2) is 3.69. The van der Waals surface area contributed by atoms with E-state index in [1.54, 1.807) is 0 Å². The van der Waals surface area contributed by atoms with E-state index in [0.29, 0.717) is 12.8 Å². The second-order valence-electron chi connectivity index (χ2n) is 4.11. The number of ketones is 1. The summed E-state index contributed by atoms with van der Waals surface area (Å²) in [4.78, 5) is 24.7. The van der Waals surface area contributed by atoms with Crippen LogP contribution in [0.2, 0.25) is 0 Å². The molecule has 0 radical (unpaired) electrons. The zero-order chi connectivity index (χ0) is 10.1. The van der Waals surface area contributed by atoms with Crippen LogP contribution in [0.15, 0.2) is 0 Å². The van der Waals surface area contributed by atoms with Crippen LogP contribution < -0.4 is 0 Å². The van der Waals surface area contributed by atoms with Crippen molar-refractivity contribution in [2.45, 2.75) is 44.2 Å². The van der Waals surface area contributed by atoms with E-state index in [-0.39, 0.29) is 36.8 Å². The summed E-state index contributed by atoms with van der Waals surface area (Å²) in [6, 6.07) is 0.251. The van der Waals surface area contributed by atoms with E-state index in [1.807, 2.05) is 4.90 Å². The smallest absolute Gasteiger partial charge is 0.225 e. The molecule has 2 bridgehead atoms. The summed E-state index contributed by atoms with van der Waals surface area (Å²) in [5.41, 5.74) is 0. The van der Waals surface area contributed by atoms with E-state index in [2.05, 4.69) is 0 Å². The molecule has 0 spiro atoms. The molecule has 1 N–H and O–H groups in total. The van der Waals surface area contributed by atoms with Crippen LogP contribution in [0, 0.1) is 0 Å². The highest BCUT2D eigenvalue weighted by Crippen LogP contribution is 2.34. The maximum atomic E-state index is 11.6. The van der Waals surface area contributed by atoms with Crippen molar-refractivity contribution in [3.05, 3.63) is 0 Å². The molecule has 2 atom stereocenters. The van der Waals surface area contributed by atoms with Crippen molar-refractivity contribution in [2.24, 2.45) is 0 Å². The summed E-state index contributed by atoms with van der Waals surface area (Å²) < 4.78 is 0. The Kier molecular flexibility index (Phi) is 2.54. The highest BCUT2D eigenvalue weighted by Gasteiger charge is 2.42. The molecule has 14 heavy (non-hydrogen) atoms. The van der Waals surface area contributed by atoms with E-state index in [0.717, 1.165) is 12.8 Å². The number of nitrogens with zero attached hydrogens (tertiary/aromatic N) is 1. The number of piperidine rings is 1. The minimum Gasteiger partial charge on any atom is -0.396 e. The van der Waals surface area contributed by atoms with Gasteiger partial charge in [0.15, 0.2) is 0 Å². The predicted octanol–water partition coefficient (Wildman–Crippen LogP) is 0.0913. The van der Waals surface area contributed by atoms with Crippen LogP contribution in [0.25, 0.3) is 0 Å². The molecule has 2 rings (SSSR count). The van der Waals surface area contributed by atoms with Gasteiger partial charge in [0.1, 0.15) is 5.78 Å². The molecule has 78 valence electrons. The van der Waals surface area contributed by atoms with E-state index in [1.165, 1.54) is 0 Å². The summed E-state index contributed by atoms with van der Waals surface area (Å²) >= 11 is 0. The SMILES string of the molecule is O=C1C[C@H]2CC[C@@H](C1)N2C(=O)CCO. The fraction of sp³-hybridized carbons (Fsp3) is 0.800. The molecule has 0 aromatic rings. The summed E-state index contributed by atoms with van der Waals surface area (Å²) in [7, 11) is 0.